The van der Waals surface area contributed by atoms with Crippen LogP contribution in [0.4, 0.5) is 0 Å². The molecule has 2 aromatic carbocycles. The van der Waals surface area contributed by atoms with Gasteiger partial charge in [0, 0.05) is 15.5 Å². The van der Waals surface area contributed by atoms with E-state index in [0.717, 1.165) is 28.4 Å². The second-order valence-corrected chi connectivity index (χ2v) is 7.52. The van der Waals surface area contributed by atoms with Crippen LogP contribution in [0.2, 0.25) is 5.02 Å². The SMILES string of the molecule is CC[C@@H](Sc1ccc(Cl)cc1)C(=O)N[C@H](C)c1cc(OC)ccc1OC. The predicted molar refractivity (Wildman–Crippen MR) is 107 cm³/mol. The van der Waals surface area contributed by atoms with Gasteiger partial charge in [0.1, 0.15) is 11.5 Å². The predicted octanol–water partition coefficient (Wildman–Crippen LogP) is 5.11. The van der Waals surface area contributed by atoms with Crippen molar-refractivity contribution in [3.8, 4) is 11.5 Å². The van der Waals surface area contributed by atoms with E-state index < -0.39 is 0 Å². The molecular formula is C20H24ClNO3S. The molecule has 26 heavy (non-hydrogen) atoms. The van der Waals surface area contributed by atoms with E-state index in [4.69, 9.17) is 21.1 Å². The Morgan fingerprint density at radius 3 is 2.42 bits per heavy atom. The summed E-state index contributed by atoms with van der Waals surface area (Å²) < 4.78 is 10.7. The van der Waals surface area contributed by atoms with Crippen molar-refractivity contribution in [2.45, 2.75) is 36.5 Å². The van der Waals surface area contributed by atoms with E-state index in [1.54, 1.807) is 14.2 Å². The summed E-state index contributed by atoms with van der Waals surface area (Å²) >= 11 is 7.46. The first-order chi connectivity index (χ1) is 12.5. The summed E-state index contributed by atoms with van der Waals surface area (Å²) in [7, 11) is 3.23. The Morgan fingerprint density at radius 1 is 1.15 bits per heavy atom. The summed E-state index contributed by atoms with van der Waals surface area (Å²) in [5, 5.41) is 3.58. The number of rotatable bonds is 8. The van der Waals surface area contributed by atoms with Gasteiger partial charge in [0.05, 0.1) is 25.5 Å². The Labute approximate surface area is 164 Å². The van der Waals surface area contributed by atoms with Crippen molar-refractivity contribution in [3.63, 3.8) is 0 Å². The highest BCUT2D eigenvalue weighted by Crippen LogP contribution is 2.31. The Hall–Kier alpha value is -1.85. The average Bonchev–Trinajstić information content (AvgIpc) is 2.66. The van der Waals surface area contributed by atoms with Crippen LogP contribution >= 0.6 is 23.4 Å². The molecule has 0 aliphatic rings. The molecule has 4 nitrogen and oxygen atoms in total. The minimum absolute atomic E-state index is 0.00942. The van der Waals surface area contributed by atoms with Crippen molar-refractivity contribution >= 4 is 29.3 Å². The van der Waals surface area contributed by atoms with Crippen molar-refractivity contribution in [2.75, 3.05) is 14.2 Å². The number of carbonyl (C=O) groups is 1. The molecule has 2 atom stereocenters. The van der Waals surface area contributed by atoms with Gasteiger partial charge in [-0.2, -0.15) is 0 Å². The van der Waals surface area contributed by atoms with E-state index in [-0.39, 0.29) is 17.2 Å². The maximum atomic E-state index is 12.8. The highest BCUT2D eigenvalue weighted by Gasteiger charge is 2.22. The fourth-order valence-corrected chi connectivity index (χ4v) is 3.65. The maximum absolute atomic E-state index is 12.8. The lowest BCUT2D eigenvalue weighted by molar-refractivity contribution is -0.121. The number of nitrogens with one attached hydrogen (secondary N) is 1. The lowest BCUT2D eigenvalue weighted by Crippen LogP contribution is -2.34. The molecule has 0 radical (unpaired) electrons. The number of carbonyl (C=O) groups excluding carboxylic acids is 1. The first-order valence-corrected chi connectivity index (χ1v) is 9.68. The number of hydrogen-bond donors (Lipinski definition) is 1. The van der Waals surface area contributed by atoms with Crippen LogP contribution in [0, 0.1) is 0 Å². The van der Waals surface area contributed by atoms with Crippen molar-refractivity contribution in [2.24, 2.45) is 0 Å². The lowest BCUT2D eigenvalue weighted by Gasteiger charge is -2.21. The van der Waals surface area contributed by atoms with Crippen LogP contribution in [0.3, 0.4) is 0 Å². The van der Waals surface area contributed by atoms with Gasteiger partial charge < -0.3 is 14.8 Å². The van der Waals surface area contributed by atoms with E-state index in [1.807, 2.05) is 56.3 Å². The maximum Gasteiger partial charge on any atom is 0.233 e. The van der Waals surface area contributed by atoms with Gasteiger partial charge >= 0.3 is 0 Å². The minimum Gasteiger partial charge on any atom is -0.497 e. The molecule has 0 saturated carbocycles. The molecule has 6 heteroatoms. The zero-order valence-electron chi connectivity index (χ0n) is 15.4. The van der Waals surface area contributed by atoms with Gasteiger partial charge in [-0.15, -0.1) is 11.8 Å². The largest absolute Gasteiger partial charge is 0.497 e. The molecule has 1 amide bonds. The van der Waals surface area contributed by atoms with E-state index in [0.29, 0.717) is 5.02 Å². The van der Waals surface area contributed by atoms with Crippen LogP contribution in [0.15, 0.2) is 47.4 Å². The standard InChI is InChI=1S/C20H24ClNO3S/c1-5-19(26-16-9-6-14(21)7-10-16)20(23)22-13(2)17-12-15(24-3)8-11-18(17)25-4/h6-13,19H,5H2,1-4H3,(H,22,23)/t13-,19-/m1/s1. The first-order valence-electron chi connectivity index (χ1n) is 8.43. The van der Waals surface area contributed by atoms with E-state index >= 15 is 0 Å². The van der Waals surface area contributed by atoms with Crippen molar-refractivity contribution in [3.05, 3.63) is 53.1 Å². The van der Waals surface area contributed by atoms with Crippen LogP contribution < -0.4 is 14.8 Å². The van der Waals surface area contributed by atoms with Gasteiger partial charge in [-0.1, -0.05) is 18.5 Å². The molecule has 0 unspecified atom stereocenters. The van der Waals surface area contributed by atoms with Crippen LogP contribution in [0.1, 0.15) is 31.9 Å². The lowest BCUT2D eigenvalue weighted by atomic mass is 10.1. The second-order valence-electron chi connectivity index (χ2n) is 5.81. The zero-order valence-corrected chi connectivity index (χ0v) is 17.0. The Kier molecular flexibility index (Phi) is 7.66. The van der Waals surface area contributed by atoms with Gasteiger partial charge in [0.2, 0.25) is 5.91 Å². The molecule has 140 valence electrons. The number of ether oxygens (including phenoxy) is 2. The third kappa shape index (κ3) is 5.32. The van der Waals surface area contributed by atoms with Gasteiger partial charge in [0.15, 0.2) is 0 Å². The normalized spacial score (nSPS) is 13.0. The molecule has 2 aromatic rings. The highest BCUT2D eigenvalue weighted by molar-refractivity contribution is 8.00. The number of methoxy groups -OCH3 is 2. The number of benzene rings is 2. The summed E-state index contributed by atoms with van der Waals surface area (Å²) in [5.41, 5.74) is 0.881. The fourth-order valence-electron chi connectivity index (χ4n) is 2.56. The fraction of sp³-hybridized carbons (Fsp3) is 0.350. The van der Waals surface area contributed by atoms with Crippen LogP contribution in [0.25, 0.3) is 0 Å². The number of thioether (sulfide) groups is 1. The second kappa shape index (κ2) is 9.74. The molecule has 0 aromatic heterocycles. The summed E-state index contributed by atoms with van der Waals surface area (Å²) in [6.45, 7) is 3.94. The number of amides is 1. The van der Waals surface area contributed by atoms with Gasteiger partial charge in [-0.3, -0.25) is 4.79 Å². The van der Waals surface area contributed by atoms with Crippen LogP contribution in [-0.4, -0.2) is 25.4 Å². The van der Waals surface area contributed by atoms with E-state index in [2.05, 4.69) is 5.32 Å². The monoisotopic (exact) mass is 393 g/mol. The Morgan fingerprint density at radius 2 is 1.85 bits per heavy atom. The summed E-state index contributed by atoms with van der Waals surface area (Å²) in [5.74, 6) is 1.44. The summed E-state index contributed by atoms with van der Waals surface area (Å²) in [6.07, 6.45) is 0.723. The van der Waals surface area contributed by atoms with Crippen molar-refractivity contribution < 1.29 is 14.3 Å². The van der Waals surface area contributed by atoms with Gasteiger partial charge in [0.25, 0.3) is 0 Å². The molecule has 1 N–H and O–H groups in total. The molecule has 2 rings (SSSR count). The van der Waals surface area contributed by atoms with Crippen molar-refractivity contribution in [1.29, 1.82) is 0 Å². The third-order valence-electron chi connectivity index (χ3n) is 4.02. The van der Waals surface area contributed by atoms with Crippen LogP contribution in [0.5, 0.6) is 11.5 Å². The minimum atomic E-state index is -0.201. The van der Waals surface area contributed by atoms with E-state index in [9.17, 15) is 4.79 Å². The van der Waals surface area contributed by atoms with E-state index in [1.165, 1.54) is 11.8 Å². The van der Waals surface area contributed by atoms with Crippen molar-refractivity contribution in [1.82, 2.24) is 5.32 Å². The Balaban J connectivity index is 2.10. The van der Waals surface area contributed by atoms with Crippen LogP contribution in [-0.2, 0) is 4.79 Å². The molecule has 0 heterocycles. The first kappa shape index (κ1) is 20.5. The summed E-state index contributed by atoms with van der Waals surface area (Å²) in [4.78, 5) is 13.8. The topological polar surface area (TPSA) is 47.6 Å². The smallest absolute Gasteiger partial charge is 0.233 e. The molecule has 0 aliphatic heterocycles. The quantitative estimate of drug-likeness (QED) is 0.633. The third-order valence-corrected chi connectivity index (χ3v) is 5.65. The molecular weight excluding hydrogens is 370 g/mol. The highest BCUT2D eigenvalue weighted by atomic mass is 35.5. The zero-order chi connectivity index (χ0) is 19.1. The molecule has 0 saturated heterocycles. The number of halogens is 1. The van der Waals surface area contributed by atoms with Gasteiger partial charge in [-0.05, 0) is 55.8 Å². The number of hydrogen-bond acceptors (Lipinski definition) is 4. The Bertz CT molecular complexity index is 736. The molecule has 0 aliphatic carbocycles. The molecule has 0 bridgehead atoms. The van der Waals surface area contributed by atoms with Gasteiger partial charge in [-0.25, -0.2) is 0 Å². The molecule has 0 spiro atoms. The average molecular weight is 394 g/mol. The summed E-state index contributed by atoms with van der Waals surface area (Å²) in [6, 6.07) is 12.9. The molecule has 0 fully saturated rings.